The zero-order valence-electron chi connectivity index (χ0n) is 9.27. The number of hydrogen-bond donors (Lipinski definition) is 2. The molecule has 2 aromatic heterocycles. The Morgan fingerprint density at radius 3 is 2.94 bits per heavy atom. The quantitative estimate of drug-likeness (QED) is 0.833. The number of hydrogen-bond acceptors (Lipinski definition) is 6. The van der Waals surface area contributed by atoms with E-state index in [-0.39, 0.29) is 5.15 Å². The minimum atomic E-state index is 0.260. The Hall–Kier alpha value is -1.40. The molecule has 2 heterocycles. The van der Waals surface area contributed by atoms with Crippen LogP contribution >= 0.6 is 22.9 Å². The van der Waals surface area contributed by atoms with E-state index >= 15 is 0 Å². The van der Waals surface area contributed by atoms with Crippen molar-refractivity contribution >= 4 is 34.4 Å². The molecule has 0 radical (unpaired) electrons. The zero-order valence-corrected chi connectivity index (χ0v) is 10.8. The molecule has 0 amide bonds. The molecule has 17 heavy (non-hydrogen) atoms. The summed E-state index contributed by atoms with van der Waals surface area (Å²) < 4.78 is 0. The van der Waals surface area contributed by atoms with Crippen LogP contribution in [0.2, 0.25) is 5.15 Å². The van der Waals surface area contributed by atoms with E-state index in [1.54, 1.807) is 11.3 Å². The van der Waals surface area contributed by atoms with E-state index in [9.17, 15) is 0 Å². The van der Waals surface area contributed by atoms with E-state index in [4.69, 9.17) is 17.3 Å². The number of aromatic nitrogens is 3. The molecular formula is C10H12ClN5S. The number of nitrogens with one attached hydrogen (secondary N) is 1. The highest BCUT2D eigenvalue weighted by Gasteiger charge is 2.06. The molecule has 0 aliphatic carbocycles. The summed E-state index contributed by atoms with van der Waals surface area (Å²) in [7, 11) is 0. The number of halogens is 1. The first-order chi connectivity index (χ1) is 8.20. The van der Waals surface area contributed by atoms with Crippen molar-refractivity contribution in [2.75, 3.05) is 11.1 Å². The lowest BCUT2D eigenvalue weighted by Crippen LogP contribution is -2.05. The van der Waals surface area contributed by atoms with Gasteiger partial charge in [-0.2, -0.15) is 0 Å². The Morgan fingerprint density at radius 2 is 2.24 bits per heavy atom. The third-order valence-corrected chi connectivity index (χ3v) is 3.64. The second-order valence-corrected chi connectivity index (χ2v) is 4.91. The fraction of sp³-hybridized carbons (Fsp3) is 0.300. The second kappa shape index (κ2) is 5.29. The first-order valence-corrected chi connectivity index (χ1v) is 6.33. The molecule has 2 aromatic rings. The van der Waals surface area contributed by atoms with Crippen molar-refractivity contribution in [2.45, 2.75) is 19.9 Å². The lowest BCUT2D eigenvalue weighted by molar-refractivity contribution is 1.06. The minimum Gasteiger partial charge on any atom is -0.393 e. The molecule has 0 aromatic carbocycles. The van der Waals surface area contributed by atoms with E-state index in [0.29, 0.717) is 18.1 Å². The fourth-order valence-electron chi connectivity index (χ4n) is 1.27. The van der Waals surface area contributed by atoms with Crippen LogP contribution < -0.4 is 11.1 Å². The van der Waals surface area contributed by atoms with Gasteiger partial charge < -0.3 is 11.1 Å². The van der Waals surface area contributed by atoms with E-state index in [1.165, 1.54) is 11.2 Å². The summed E-state index contributed by atoms with van der Waals surface area (Å²) in [5.41, 5.74) is 6.10. The highest BCUT2D eigenvalue weighted by Crippen LogP contribution is 2.23. The van der Waals surface area contributed by atoms with Crippen molar-refractivity contribution in [3.63, 3.8) is 0 Å². The van der Waals surface area contributed by atoms with Crippen molar-refractivity contribution < 1.29 is 0 Å². The molecule has 0 saturated heterocycles. The highest BCUT2D eigenvalue weighted by atomic mass is 35.5. The lowest BCUT2D eigenvalue weighted by atomic mass is 10.4. The summed E-state index contributed by atoms with van der Waals surface area (Å²) >= 11 is 7.46. The maximum Gasteiger partial charge on any atom is 0.157 e. The highest BCUT2D eigenvalue weighted by molar-refractivity contribution is 7.11. The van der Waals surface area contributed by atoms with Crippen LogP contribution in [0.15, 0.2) is 12.5 Å². The molecule has 0 saturated carbocycles. The van der Waals surface area contributed by atoms with E-state index in [1.807, 2.05) is 6.20 Å². The first-order valence-electron chi connectivity index (χ1n) is 5.14. The van der Waals surface area contributed by atoms with Gasteiger partial charge >= 0.3 is 0 Å². The smallest absolute Gasteiger partial charge is 0.157 e. The molecule has 7 heteroatoms. The standard InChI is InChI=1S/C10H12ClN5S/c1-2-6-3-13-7(17-6)4-14-10-8(12)9(11)15-5-16-10/h3,5H,2,4,12H2,1H3,(H,14,15,16). The number of thiazole rings is 1. The largest absolute Gasteiger partial charge is 0.393 e. The van der Waals surface area contributed by atoms with Crippen LogP contribution in [0.5, 0.6) is 0 Å². The van der Waals surface area contributed by atoms with E-state index < -0.39 is 0 Å². The topological polar surface area (TPSA) is 76.7 Å². The molecule has 0 spiro atoms. The van der Waals surface area contributed by atoms with Gasteiger partial charge in [-0.15, -0.1) is 11.3 Å². The Kier molecular flexibility index (Phi) is 3.75. The van der Waals surface area contributed by atoms with E-state index in [2.05, 4.69) is 27.2 Å². The van der Waals surface area contributed by atoms with Gasteiger partial charge in [0.25, 0.3) is 0 Å². The normalized spacial score (nSPS) is 10.5. The van der Waals surface area contributed by atoms with Crippen molar-refractivity contribution in [3.05, 3.63) is 27.6 Å². The summed E-state index contributed by atoms with van der Waals surface area (Å²) in [5, 5.41) is 4.35. The Labute approximate surface area is 108 Å². The number of rotatable bonds is 4. The van der Waals surface area contributed by atoms with Gasteiger partial charge in [0, 0.05) is 11.1 Å². The summed E-state index contributed by atoms with van der Waals surface area (Å²) in [4.78, 5) is 13.4. The summed E-state index contributed by atoms with van der Waals surface area (Å²) in [6.45, 7) is 2.69. The van der Waals surface area contributed by atoms with Crippen molar-refractivity contribution in [3.8, 4) is 0 Å². The second-order valence-electron chi connectivity index (χ2n) is 3.35. The zero-order chi connectivity index (χ0) is 12.3. The number of nitrogen functional groups attached to an aromatic ring is 1. The molecule has 0 aliphatic heterocycles. The number of aryl methyl sites for hydroxylation is 1. The van der Waals surface area contributed by atoms with Crippen LogP contribution in [0.1, 0.15) is 16.8 Å². The average Bonchev–Trinajstić information content (AvgIpc) is 2.79. The van der Waals surface area contributed by atoms with Gasteiger partial charge in [-0.1, -0.05) is 18.5 Å². The van der Waals surface area contributed by atoms with Crippen molar-refractivity contribution in [2.24, 2.45) is 0 Å². The van der Waals surface area contributed by atoms with Crippen molar-refractivity contribution in [1.82, 2.24) is 15.0 Å². The van der Waals surface area contributed by atoms with Gasteiger partial charge in [0.1, 0.15) is 17.0 Å². The molecule has 0 atom stereocenters. The third-order valence-electron chi connectivity index (χ3n) is 2.19. The Balaban J connectivity index is 2.04. The minimum absolute atomic E-state index is 0.260. The lowest BCUT2D eigenvalue weighted by Gasteiger charge is -2.06. The van der Waals surface area contributed by atoms with Gasteiger partial charge in [0.05, 0.1) is 6.54 Å². The van der Waals surface area contributed by atoms with Gasteiger partial charge in [0.15, 0.2) is 11.0 Å². The molecule has 0 unspecified atom stereocenters. The third kappa shape index (κ3) is 2.83. The Bertz CT molecular complexity index is 513. The number of nitrogens with zero attached hydrogens (tertiary/aromatic N) is 3. The molecular weight excluding hydrogens is 258 g/mol. The van der Waals surface area contributed by atoms with Gasteiger partial charge in [-0.3, -0.25) is 0 Å². The van der Waals surface area contributed by atoms with Crippen LogP contribution in [-0.4, -0.2) is 15.0 Å². The van der Waals surface area contributed by atoms with Crippen LogP contribution in [0, 0.1) is 0 Å². The van der Waals surface area contributed by atoms with Gasteiger partial charge in [0.2, 0.25) is 0 Å². The molecule has 0 bridgehead atoms. The molecule has 5 nitrogen and oxygen atoms in total. The van der Waals surface area contributed by atoms with E-state index in [0.717, 1.165) is 11.4 Å². The molecule has 3 N–H and O–H groups in total. The summed E-state index contributed by atoms with van der Waals surface area (Å²) in [6.07, 6.45) is 4.26. The molecule has 90 valence electrons. The molecule has 0 fully saturated rings. The predicted molar refractivity (Wildman–Crippen MR) is 70.3 cm³/mol. The SMILES string of the molecule is CCc1cnc(CNc2ncnc(Cl)c2N)s1. The molecule has 2 rings (SSSR count). The monoisotopic (exact) mass is 269 g/mol. The van der Waals surface area contributed by atoms with Crippen LogP contribution in [-0.2, 0) is 13.0 Å². The van der Waals surface area contributed by atoms with Crippen LogP contribution in [0.3, 0.4) is 0 Å². The number of anilines is 2. The fourth-order valence-corrected chi connectivity index (χ4v) is 2.20. The summed E-state index contributed by atoms with van der Waals surface area (Å²) in [6, 6.07) is 0. The molecule has 0 aliphatic rings. The maximum absolute atomic E-state index is 5.79. The first kappa shape index (κ1) is 12.1. The van der Waals surface area contributed by atoms with Crippen LogP contribution in [0.25, 0.3) is 0 Å². The number of nitrogens with two attached hydrogens (primary N) is 1. The van der Waals surface area contributed by atoms with Crippen LogP contribution in [0.4, 0.5) is 11.5 Å². The maximum atomic E-state index is 5.79. The van der Waals surface area contributed by atoms with Gasteiger partial charge in [-0.25, -0.2) is 15.0 Å². The van der Waals surface area contributed by atoms with Crippen molar-refractivity contribution in [1.29, 1.82) is 0 Å². The predicted octanol–water partition coefficient (Wildman–Crippen LogP) is 2.34. The van der Waals surface area contributed by atoms with Gasteiger partial charge in [-0.05, 0) is 6.42 Å². The average molecular weight is 270 g/mol. The summed E-state index contributed by atoms with van der Waals surface area (Å²) in [5.74, 6) is 0.540. The Morgan fingerprint density at radius 1 is 1.41 bits per heavy atom.